The quantitative estimate of drug-likeness (QED) is 0.0222. The summed E-state index contributed by atoms with van der Waals surface area (Å²) >= 11 is 0. The van der Waals surface area contributed by atoms with E-state index in [4.69, 9.17) is 37.0 Å². The molecule has 0 amide bonds. The van der Waals surface area contributed by atoms with Crippen molar-refractivity contribution in [2.45, 2.75) is 420 Å². The van der Waals surface area contributed by atoms with Gasteiger partial charge in [0.2, 0.25) is 0 Å². The van der Waals surface area contributed by atoms with Crippen LogP contribution in [-0.2, 0) is 65.4 Å². The number of phosphoric ester groups is 2. The molecule has 3 unspecified atom stereocenters. The summed E-state index contributed by atoms with van der Waals surface area (Å²) in [6.45, 7) is 11.9. The van der Waals surface area contributed by atoms with Crippen molar-refractivity contribution in [2.75, 3.05) is 39.6 Å². The maximum Gasteiger partial charge on any atom is 0.472 e. The molecular weight excluding hydrogens is 1270 g/mol. The zero-order chi connectivity index (χ0) is 71.6. The van der Waals surface area contributed by atoms with Crippen molar-refractivity contribution in [3.05, 3.63) is 0 Å². The third-order valence-corrected chi connectivity index (χ3v) is 20.4. The molecule has 0 aliphatic carbocycles. The van der Waals surface area contributed by atoms with Gasteiger partial charge in [-0.05, 0) is 43.4 Å². The summed E-state index contributed by atoms with van der Waals surface area (Å²) in [6.07, 6.45) is 55.6. The minimum Gasteiger partial charge on any atom is -0.462 e. The summed E-state index contributed by atoms with van der Waals surface area (Å²) < 4.78 is 68.6. The molecule has 0 heterocycles. The van der Waals surface area contributed by atoms with E-state index in [1.807, 2.05) is 0 Å². The first kappa shape index (κ1) is 95.1. The van der Waals surface area contributed by atoms with Crippen LogP contribution in [0.4, 0.5) is 0 Å². The average Bonchev–Trinajstić information content (AvgIpc) is 0.979. The first-order valence-corrected chi connectivity index (χ1v) is 43.4. The van der Waals surface area contributed by atoms with Crippen LogP contribution in [0.3, 0.4) is 0 Å². The normalized spacial score (nSPS) is 14.3. The van der Waals surface area contributed by atoms with Crippen molar-refractivity contribution in [3.63, 3.8) is 0 Å². The molecule has 0 aromatic heterocycles. The maximum atomic E-state index is 13.1. The van der Waals surface area contributed by atoms with Crippen LogP contribution < -0.4 is 0 Å². The van der Waals surface area contributed by atoms with Crippen molar-refractivity contribution in [1.82, 2.24) is 0 Å². The number of esters is 4. The molecule has 0 spiro atoms. The smallest absolute Gasteiger partial charge is 0.462 e. The SMILES string of the molecule is CCCCCCCCCCCCCCCCCCCCC(=O)O[C@H](COC(=O)CCCCCCCCCCCCCCCCC(C)C)COP(=O)(O)OC[C@@H](O)COP(=O)(O)OC[C@@H](COC(=O)CCCCCCCCC(C)CC)OC(=O)CCCCCCCCCCCC(C)C. The van der Waals surface area contributed by atoms with Crippen LogP contribution in [0.2, 0.25) is 0 Å². The van der Waals surface area contributed by atoms with Gasteiger partial charge in [0.15, 0.2) is 12.2 Å². The Morgan fingerprint density at radius 3 is 0.784 bits per heavy atom. The molecule has 0 bridgehead atoms. The summed E-state index contributed by atoms with van der Waals surface area (Å²) in [5.41, 5.74) is 0. The van der Waals surface area contributed by atoms with Crippen molar-refractivity contribution in [3.8, 4) is 0 Å². The van der Waals surface area contributed by atoms with Gasteiger partial charge in [-0.3, -0.25) is 37.3 Å². The Bertz CT molecular complexity index is 1890. The molecular formula is C78H152O17P2. The second-order valence-electron chi connectivity index (χ2n) is 29.3. The molecule has 0 aromatic rings. The highest BCUT2D eigenvalue weighted by molar-refractivity contribution is 7.47. The molecule has 0 rings (SSSR count). The Labute approximate surface area is 594 Å². The zero-order valence-corrected chi connectivity index (χ0v) is 65.3. The standard InChI is InChI=1S/C78H152O17P2/c1-8-10-11-12-13-14-15-16-17-18-19-20-25-28-33-38-47-54-61-77(82)94-73(65-88-75(80)59-52-45-37-32-27-24-22-21-23-26-30-35-42-49-56-69(3)4)67-92-96(84,85)90-63-72(79)64-91-97(86,87)93-68-74(66-89-76(81)60-53-46-41-40-44-51-58-71(7)9-2)95-78(83)62-55-48-39-34-29-31-36-43-50-57-70(5)6/h69-74,79H,8-68H2,1-7H3,(H,84,85)(H,86,87)/t71?,72-,73-,74-/m1/s1. The van der Waals surface area contributed by atoms with Crippen LogP contribution in [0.5, 0.6) is 0 Å². The van der Waals surface area contributed by atoms with Gasteiger partial charge in [-0.25, -0.2) is 9.13 Å². The lowest BCUT2D eigenvalue weighted by Gasteiger charge is -2.21. The van der Waals surface area contributed by atoms with Gasteiger partial charge in [0.25, 0.3) is 0 Å². The second kappa shape index (κ2) is 68.5. The predicted molar refractivity (Wildman–Crippen MR) is 395 cm³/mol. The summed E-state index contributed by atoms with van der Waals surface area (Å²) in [6, 6.07) is 0. The van der Waals surface area contributed by atoms with E-state index >= 15 is 0 Å². The third kappa shape index (κ3) is 70.9. The van der Waals surface area contributed by atoms with Gasteiger partial charge in [0.05, 0.1) is 26.4 Å². The average molecular weight is 1420 g/mol. The number of aliphatic hydroxyl groups excluding tert-OH is 1. The van der Waals surface area contributed by atoms with Crippen LogP contribution in [-0.4, -0.2) is 96.7 Å². The lowest BCUT2D eigenvalue weighted by atomic mass is 10.00. The van der Waals surface area contributed by atoms with Gasteiger partial charge in [-0.15, -0.1) is 0 Å². The van der Waals surface area contributed by atoms with Crippen molar-refractivity contribution in [2.24, 2.45) is 17.8 Å². The van der Waals surface area contributed by atoms with Crippen molar-refractivity contribution in [1.29, 1.82) is 0 Å². The van der Waals surface area contributed by atoms with Gasteiger partial charge < -0.3 is 33.8 Å². The minimum atomic E-state index is -4.96. The fourth-order valence-electron chi connectivity index (χ4n) is 11.9. The predicted octanol–water partition coefficient (Wildman–Crippen LogP) is 23.0. The van der Waals surface area contributed by atoms with Gasteiger partial charge in [0, 0.05) is 25.7 Å². The molecule has 3 N–H and O–H groups in total. The number of hydrogen-bond donors (Lipinski definition) is 3. The topological polar surface area (TPSA) is 237 Å². The fourth-order valence-corrected chi connectivity index (χ4v) is 13.5. The van der Waals surface area contributed by atoms with Gasteiger partial charge in [-0.2, -0.15) is 0 Å². The van der Waals surface area contributed by atoms with E-state index in [0.29, 0.717) is 25.7 Å². The van der Waals surface area contributed by atoms with E-state index in [1.54, 1.807) is 0 Å². The first-order valence-electron chi connectivity index (χ1n) is 40.4. The van der Waals surface area contributed by atoms with E-state index in [-0.39, 0.29) is 25.7 Å². The van der Waals surface area contributed by atoms with Crippen LogP contribution in [0.1, 0.15) is 402 Å². The molecule has 17 nitrogen and oxygen atoms in total. The third-order valence-electron chi connectivity index (χ3n) is 18.5. The van der Waals surface area contributed by atoms with E-state index in [1.165, 1.54) is 205 Å². The Hall–Kier alpha value is -1.94. The lowest BCUT2D eigenvalue weighted by Crippen LogP contribution is -2.30. The molecule has 0 radical (unpaired) electrons. The lowest BCUT2D eigenvalue weighted by molar-refractivity contribution is -0.161. The van der Waals surface area contributed by atoms with E-state index in [2.05, 4.69) is 48.5 Å². The number of carbonyl (C=O) groups is 4. The summed E-state index contributed by atoms with van der Waals surface area (Å²) in [5, 5.41) is 10.6. The first-order chi connectivity index (χ1) is 46.8. The van der Waals surface area contributed by atoms with Crippen LogP contribution in [0.15, 0.2) is 0 Å². The van der Waals surface area contributed by atoms with Gasteiger partial charge in [0.1, 0.15) is 19.3 Å². The highest BCUT2D eigenvalue weighted by Gasteiger charge is 2.30. The molecule has 0 aliphatic heterocycles. The molecule has 6 atom stereocenters. The van der Waals surface area contributed by atoms with Gasteiger partial charge >= 0.3 is 39.5 Å². The Morgan fingerprint density at radius 2 is 0.526 bits per heavy atom. The molecule has 0 fully saturated rings. The van der Waals surface area contributed by atoms with Crippen molar-refractivity contribution < 1.29 is 80.2 Å². The molecule has 0 saturated carbocycles. The maximum absolute atomic E-state index is 13.1. The Morgan fingerprint density at radius 1 is 0.299 bits per heavy atom. The number of phosphoric acid groups is 2. The molecule has 19 heteroatoms. The highest BCUT2D eigenvalue weighted by Crippen LogP contribution is 2.45. The summed E-state index contributed by atoms with van der Waals surface area (Å²) in [5.74, 6) is 0.150. The Kier molecular flexibility index (Phi) is 67.1. The number of rotatable bonds is 76. The van der Waals surface area contributed by atoms with Crippen LogP contribution >= 0.6 is 15.6 Å². The van der Waals surface area contributed by atoms with E-state index in [0.717, 1.165) is 114 Å². The number of ether oxygens (including phenoxy) is 4. The number of aliphatic hydroxyl groups is 1. The van der Waals surface area contributed by atoms with Crippen LogP contribution in [0.25, 0.3) is 0 Å². The zero-order valence-electron chi connectivity index (χ0n) is 63.5. The fraction of sp³-hybridized carbons (Fsp3) is 0.949. The van der Waals surface area contributed by atoms with E-state index in [9.17, 15) is 43.2 Å². The minimum absolute atomic E-state index is 0.104. The number of unbranched alkanes of at least 4 members (excludes halogenated alkanes) is 43. The molecule has 0 aliphatic rings. The second-order valence-corrected chi connectivity index (χ2v) is 32.2. The number of hydrogen-bond acceptors (Lipinski definition) is 15. The largest absolute Gasteiger partial charge is 0.472 e. The van der Waals surface area contributed by atoms with Crippen LogP contribution in [0, 0.1) is 17.8 Å². The van der Waals surface area contributed by atoms with Gasteiger partial charge in [-0.1, -0.05) is 350 Å². The summed E-state index contributed by atoms with van der Waals surface area (Å²) in [4.78, 5) is 72.9. The molecule has 0 saturated heterocycles. The molecule has 97 heavy (non-hydrogen) atoms. The van der Waals surface area contributed by atoms with Crippen molar-refractivity contribution >= 4 is 39.5 Å². The Balaban J connectivity index is 5.24. The number of carbonyl (C=O) groups excluding carboxylic acids is 4. The molecule has 576 valence electrons. The summed E-state index contributed by atoms with van der Waals surface area (Å²) in [7, 11) is -9.92. The highest BCUT2D eigenvalue weighted by atomic mass is 31.2. The van der Waals surface area contributed by atoms with E-state index < -0.39 is 97.5 Å². The monoisotopic (exact) mass is 1420 g/mol. The molecule has 0 aromatic carbocycles.